The van der Waals surface area contributed by atoms with E-state index in [1.54, 1.807) is 6.20 Å². The van der Waals surface area contributed by atoms with Gasteiger partial charge in [-0.25, -0.2) is 9.38 Å². The predicted molar refractivity (Wildman–Crippen MR) is 106 cm³/mol. The molecule has 4 aromatic heterocycles. The van der Waals surface area contributed by atoms with E-state index in [-0.39, 0.29) is 5.92 Å². The van der Waals surface area contributed by atoms with Gasteiger partial charge in [0.25, 0.3) is 5.82 Å². The fourth-order valence-electron chi connectivity index (χ4n) is 3.40. The lowest BCUT2D eigenvalue weighted by Gasteiger charge is -2.09. The Hall–Kier alpha value is -3.46. The fraction of sp³-hybridized carbons (Fsp3) is 0.238. The summed E-state index contributed by atoms with van der Waals surface area (Å²) in [7, 11) is 1.95. The minimum Gasteiger partial charge on any atom is -0.362 e. The SMILES string of the molecule is [C-]#[N+]c1cnc2ccc(-c3c(C(C)C)nn(C)c3-c3cccc(C)n3)cn12. The van der Waals surface area contributed by atoms with Gasteiger partial charge in [0.15, 0.2) is 0 Å². The third-order valence-electron chi connectivity index (χ3n) is 4.64. The highest BCUT2D eigenvalue weighted by molar-refractivity contribution is 5.82. The van der Waals surface area contributed by atoms with Crippen molar-refractivity contribution in [1.29, 1.82) is 0 Å². The van der Waals surface area contributed by atoms with Gasteiger partial charge < -0.3 is 4.85 Å². The van der Waals surface area contributed by atoms with Crippen molar-refractivity contribution >= 4 is 11.5 Å². The Morgan fingerprint density at radius 1 is 1.15 bits per heavy atom. The molecule has 0 aliphatic heterocycles. The highest BCUT2D eigenvalue weighted by Crippen LogP contribution is 2.37. The molecule has 4 rings (SSSR count). The second-order valence-electron chi connectivity index (χ2n) is 6.93. The largest absolute Gasteiger partial charge is 0.362 e. The first-order valence-corrected chi connectivity index (χ1v) is 8.85. The highest BCUT2D eigenvalue weighted by atomic mass is 15.3. The summed E-state index contributed by atoms with van der Waals surface area (Å²) < 4.78 is 3.73. The molecule has 134 valence electrons. The Kier molecular flexibility index (Phi) is 4.00. The van der Waals surface area contributed by atoms with Gasteiger partial charge in [-0.05, 0) is 31.0 Å². The number of hydrogen-bond acceptors (Lipinski definition) is 3. The Morgan fingerprint density at radius 3 is 2.67 bits per heavy atom. The van der Waals surface area contributed by atoms with Crippen molar-refractivity contribution in [3.05, 3.63) is 65.5 Å². The molecule has 0 spiro atoms. The molecule has 0 radical (unpaired) electrons. The number of pyridine rings is 2. The number of aryl methyl sites for hydroxylation is 2. The normalized spacial score (nSPS) is 11.3. The average molecular weight is 356 g/mol. The molecular formula is C21H20N6. The van der Waals surface area contributed by atoms with E-state index in [4.69, 9.17) is 16.7 Å². The van der Waals surface area contributed by atoms with E-state index in [2.05, 4.69) is 23.7 Å². The van der Waals surface area contributed by atoms with Gasteiger partial charge in [-0.2, -0.15) is 5.10 Å². The molecule has 0 aliphatic carbocycles. The lowest BCUT2D eigenvalue weighted by Crippen LogP contribution is -1.97. The lowest BCUT2D eigenvalue weighted by atomic mass is 9.97. The van der Waals surface area contributed by atoms with Crippen LogP contribution in [-0.2, 0) is 7.05 Å². The van der Waals surface area contributed by atoms with Gasteiger partial charge >= 0.3 is 0 Å². The van der Waals surface area contributed by atoms with Crippen molar-refractivity contribution in [3.8, 4) is 22.5 Å². The Bertz CT molecular complexity index is 1190. The van der Waals surface area contributed by atoms with Crippen molar-refractivity contribution in [2.75, 3.05) is 0 Å². The third kappa shape index (κ3) is 2.77. The molecule has 0 saturated heterocycles. The predicted octanol–water partition coefficient (Wildman–Crippen LogP) is 4.78. The van der Waals surface area contributed by atoms with Crippen molar-refractivity contribution < 1.29 is 0 Å². The van der Waals surface area contributed by atoms with Crippen LogP contribution in [0.25, 0.3) is 33.0 Å². The zero-order valence-corrected chi connectivity index (χ0v) is 15.8. The van der Waals surface area contributed by atoms with Crippen LogP contribution in [0.3, 0.4) is 0 Å². The summed E-state index contributed by atoms with van der Waals surface area (Å²) >= 11 is 0. The molecule has 0 N–H and O–H groups in total. The second-order valence-corrected chi connectivity index (χ2v) is 6.93. The molecule has 4 aromatic rings. The molecule has 4 heterocycles. The summed E-state index contributed by atoms with van der Waals surface area (Å²) in [6.07, 6.45) is 3.57. The maximum atomic E-state index is 7.37. The number of fused-ring (bicyclic) bond motifs is 1. The minimum absolute atomic E-state index is 0.253. The highest BCUT2D eigenvalue weighted by Gasteiger charge is 2.23. The monoisotopic (exact) mass is 356 g/mol. The summed E-state index contributed by atoms with van der Waals surface area (Å²) in [5.41, 5.74) is 6.66. The van der Waals surface area contributed by atoms with Crippen LogP contribution in [0, 0.1) is 13.5 Å². The zero-order chi connectivity index (χ0) is 19.1. The molecule has 27 heavy (non-hydrogen) atoms. The van der Waals surface area contributed by atoms with Gasteiger partial charge in [0.2, 0.25) is 5.65 Å². The number of aromatic nitrogens is 5. The third-order valence-corrected chi connectivity index (χ3v) is 4.64. The molecule has 0 saturated carbocycles. The van der Waals surface area contributed by atoms with Crippen LogP contribution in [0.2, 0.25) is 0 Å². The quantitative estimate of drug-likeness (QED) is 0.496. The maximum absolute atomic E-state index is 7.37. The van der Waals surface area contributed by atoms with Gasteiger partial charge in [0.1, 0.15) is 0 Å². The maximum Gasteiger partial charge on any atom is 0.254 e. The van der Waals surface area contributed by atoms with Gasteiger partial charge in [0.05, 0.1) is 29.5 Å². The molecule has 6 heteroatoms. The standard InChI is InChI=1S/C21H20N6/c1-13(2)20-19(15-9-10-17-23-11-18(22-4)27(17)12-15)21(26(5)25-20)16-8-6-7-14(3)24-16/h6-13H,1-3,5H3. The average Bonchev–Trinajstić information content (AvgIpc) is 3.21. The number of imidazole rings is 1. The van der Waals surface area contributed by atoms with Crippen LogP contribution in [0.4, 0.5) is 5.82 Å². The van der Waals surface area contributed by atoms with E-state index in [0.29, 0.717) is 5.82 Å². The van der Waals surface area contributed by atoms with E-state index < -0.39 is 0 Å². The fourth-order valence-corrected chi connectivity index (χ4v) is 3.40. The second kappa shape index (κ2) is 6.36. The molecule has 0 atom stereocenters. The van der Waals surface area contributed by atoms with E-state index in [1.807, 2.05) is 59.6 Å². The van der Waals surface area contributed by atoms with E-state index in [1.165, 1.54) is 0 Å². The molecule has 0 unspecified atom stereocenters. The molecule has 6 nitrogen and oxygen atoms in total. The minimum atomic E-state index is 0.253. The van der Waals surface area contributed by atoms with E-state index in [9.17, 15) is 0 Å². The number of hydrogen-bond donors (Lipinski definition) is 0. The number of rotatable bonds is 3. The van der Waals surface area contributed by atoms with Crippen LogP contribution in [0.5, 0.6) is 0 Å². The number of nitrogens with zero attached hydrogens (tertiary/aromatic N) is 6. The van der Waals surface area contributed by atoms with Crippen LogP contribution in [-0.4, -0.2) is 24.1 Å². The van der Waals surface area contributed by atoms with Gasteiger partial charge in [-0.1, -0.05) is 26.5 Å². The first-order chi connectivity index (χ1) is 13.0. The van der Waals surface area contributed by atoms with E-state index in [0.717, 1.165) is 39.5 Å². The van der Waals surface area contributed by atoms with Crippen molar-refractivity contribution in [2.45, 2.75) is 26.7 Å². The Labute approximate surface area is 158 Å². The zero-order valence-electron chi connectivity index (χ0n) is 15.8. The van der Waals surface area contributed by atoms with Gasteiger partial charge in [-0.3, -0.25) is 9.67 Å². The summed E-state index contributed by atoms with van der Waals surface area (Å²) in [6.45, 7) is 13.6. The Balaban J connectivity index is 2.03. The van der Waals surface area contributed by atoms with Crippen molar-refractivity contribution in [3.63, 3.8) is 0 Å². The first kappa shape index (κ1) is 17.0. The summed E-state index contributed by atoms with van der Waals surface area (Å²) in [5.74, 6) is 0.751. The summed E-state index contributed by atoms with van der Waals surface area (Å²) in [6, 6.07) is 9.99. The van der Waals surface area contributed by atoms with Crippen LogP contribution < -0.4 is 0 Å². The van der Waals surface area contributed by atoms with Crippen molar-refractivity contribution in [2.24, 2.45) is 7.05 Å². The first-order valence-electron chi connectivity index (χ1n) is 8.85. The topological polar surface area (TPSA) is 52.4 Å². The molecule has 0 aromatic carbocycles. The van der Waals surface area contributed by atoms with Crippen LogP contribution >= 0.6 is 0 Å². The van der Waals surface area contributed by atoms with Gasteiger partial charge in [0, 0.05) is 29.9 Å². The van der Waals surface area contributed by atoms with Gasteiger partial charge in [-0.15, -0.1) is 0 Å². The molecule has 0 aliphatic rings. The summed E-state index contributed by atoms with van der Waals surface area (Å²) in [5, 5.41) is 4.79. The molecular weight excluding hydrogens is 336 g/mol. The van der Waals surface area contributed by atoms with Crippen LogP contribution in [0.1, 0.15) is 31.2 Å². The molecule has 0 fully saturated rings. The molecule has 0 bridgehead atoms. The Morgan fingerprint density at radius 2 is 1.96 bits per heavy atom. The van der Waals surface area contributed by atoms with Crippen molar-refractivity contribution in [1.82, 2.24) is 24.1 Å². The smallest absolute Gasteiger partial charge is 0.254 e. The molecule has 0 amide bonds. The van der Waals surface area contributed by atoms with E-state index >= 15 is 0 Å². The van der Waals surface area contributed by atoms with Crippen LogP contribution in [0.15, 0.2) is 42.7 Å². The lowest BCUT2D eigenvalue weighted by molar-refractivity contribution is 0.716. The summed E-state index contributed by atoms with van der Waals surface area (Å²) in [4.78, 5) is 12.6.